The van der Waals surface area contributed by atoms with E-state index in [2.05, 4.69) is 55.6 Å². The summed E-state index contributed by atoms with van der Waals surface area (Å²) in [5, 5.41) is 23.2. The van der Waals surface area contributed by atoms with Gasteiger partial charge in [0.05, 0.1) is 25.4 Å². The van der Waals surface area contributed by atoms with Crippen LogP contribution in [0.15, 0.2) is 48.6 Å². The number of unbranched alkanes of at least 4 members (excludes halogenated alkanes) is 38. The van der Waals surface area contributed by atoms with Crippen LogP contribution in [0.3, 0.4) is 0 Å². The molecule has 0 aliphatic rings. The molecule has 0 aliphatic heterocycles. The van der Waals surface area contributed by atoms with Gasteiger partial charge in [-0.3, -0.25) is 9.59 Å². The van der Waals surface area contributed by atoms with E-state index in [-0.39, 0.29) is 18.5 Å². The van der Waals surface area contributed by atoms with Crippen LogP contribution in [0.25, 0.3) is 0 Å². The average Bonchev–Trinajstić information content (AvgIpc) is 3.34. The Labute approximate surface area is 423 Å². The summed E-state index contributed by atoms with van der Waals surface area (Å²) in [6, 6.07) is -0.639. The Morgan fingerprint density at radius 3 is 1.16 bits per heavy atom. The molecule has 0 saturated carbocycles. The molecule has 2 unspecified atom stereocenters. The molecule has 0 aliphatic carbocycles. The number of nitrogens with one attached hydrogen (secondary N) is 1. The first-order chi connectivity index (χ1) is 33.5. The smallest absolute Gasteiger partial charge is 0.305 e. The van der Waals surface area contributed by atoms with Crippen LogP contribution < -0.4 is 5.32 Å². The van der Waals surface area contributed by atoms with Crippen molar-refractivity contribution in [2.75, 3.05) is 13.2 Å². The highest BCUT2D eigenvalue weighted by atomic mass is 16.5. The Kier molecular flexibility index (Phi) is 55.6. The van der Waals surface area contributed by atoms with Gasteiger partial charge in [-0.15, -0.1) is 0 Å². The van der Waals surface area contributed by atoms with E-state index in [0.29, 0.717) is 19.4 Å². The summed E-state index contributed by atoms with van der Waals surface area (Å²) in [5.74, 6) is -0.0963. The third-order valence-corrected chi connectivity index (χ3v) is 13.6. The van der Waals surface area contributed by atoms with Crippen molar-refractivity contribution in [3.8, 4) is 0 Å². The Balaban J connectivity index is 3.50. The molecule has 0 aromatic heterocycles. The number of hydrogen-bond donors (Lipinski definition) is 3. The van der Waals surface area contributed by atoms with Crippen LogP contribution in [0.2, 0.25) is 0 Å². The number of carbonyl (C=O) groups is 2. The molecule has 6 heteroatoms. The number of ether oxygens (including phenoxy) is 1. The Morgan fingerprint density at radius 2 is 0.735 bits per heavy atom. The molecule has 0 spiro atoms. The zero-order chi connectivity index (χ0) is 49.3. The fourth-order valence-corrected chi connectivity index (χ4v) is 8.95. The van der Waals surface area contributed by atoms with E-state index >= 15 is 0 Å². The third kappa shape index (κ3) is 53.2. The maximum atomic E-state index is 12.5. The number of aliphatic hydroxyl groups excluding tert-OH is 2. The quantitative estimate of drug-likeness (QED) is 0.0321. The fraction of sp³-hybridized carbons (Fsp3) is 0.839. The molecule has 398 valence electrons. The van der Waals surface area contributed by atoms with Crippen LogP contribution in [-0.4, -0.2) is 47.4 Å². The standard InChI is InChI=1S/C62H115NO5/c1-3-5-7-9-11-13-15-17-19-20-21-23-27-30-34-38-42-46-50-54-60(65)59(58-64)63-61(66)55-51-47-43-39-35-31-28-24-22-25-29-33-37-41-45-49-53-57-68-62(67)56-52-48-44-40-36-32-26-18-16-14-12-10-8-6-4-2/h12,14,18,22,25-26,50,54,59-60,64-65H,3-11,13,15-17,19-21,23-24,27-49,51-53,55-58H2,1-2H3,(H,63,66)/b14-12-,25-22-,26-18-,54-50+. The van der Waals surface area contributed by atoms with Gasteiger partial charge in [0.15, 0.2) is 0 Å². The molecule has 0 aromatic rings. The monoisotopic (exact) mass is 954 g/mol. The van der Waals surface area contributed by atoms with Crippen LogP contribution in [0.5, 0.6) is 0 Å². The molecule has 0 rings (SSSR count). The van der Waals surface area contributed by atoms with Gasteiger partial charge in [0.2, 0.25) is 5.91 Å². The molecule has 1 amide bonds. The van der Waals surface area contributed by atoms with Crippen LogP contribution in [0.1, 0.15) is 309 Å². The summed E-state index contributed by atoms with van der Waals surface area (Å²) >= 11 is 0. The van der Waals surface area contributed by atoms with Crippen LogP contribution >= 0.6 is 0 Å². The highest BCUT2D eigenvalue weighted by Gasteiger charge is 2.18. The molecule has 68 heavy (non-hydrogen) atoms. The molecule has 0 fully saturated rings. The van der Waals surface area contributed by atoms with Gasteiger partial charge in [-0.25, -0.2) is 0 Å². The summed E-state index contributed by atoms with van der Waals surface area (Å²) in [5.41, 5.74) is 0. The van der Waals surface area contributed by atoms with Gasteiger partial charge < -0.3 is 20.3 Å². The van der Waals surface area contributed by atoms with Crippen LogP contribution in [0.4, 0.5) is 0 Å². The van der Waals surface area contributed by atoms with Gasteiger partial charge in [0.25, 0.3) is 0 Å². The lowest BCUT2D eigenvalue weighted by atomic mass is 10.0. The summed E-state index contributed by atoms with van der Waals surface area (Å²) < 4.78 is 5.46. The largest absolute Gasteiger partial charge is 0.466 e. The van der Waals surface area contributed by atoms with Gasteiger partial charge in [-0.05, 0) is 89.9 Å². The molecular weight excluding hydrogens is 839 g/mol. The number of rotatable bonds is 55. The topological polar surface area (TPSA) is 95.9 Å². The van der Waals surface area contributed by atoms with Crippen molar-refractivity contribution in [3.05, 3.63) is 48.6 Å². The summed E-state index contributed by atoms with van der Waals surface area (Å²) in [7, 11) is 0. The van der Waals surface area contributed by atoms with Gasteiger partial charge in [0.1, 0.15) is 0 Å². The zero-order valence-corrected chi connectivity index (χ0v) is 45.3. The second-order valence-electron chi connectivity index (χ2n) is 20.3. The maximum Gasteiger partial charge on any atom is 0.305 e. The molecule has 0 bridgehead atoms. The molecular formula is C62H115NO5. The normalized spacial score (nSPS) is 12.9. The molecule has 0 aromatic carbocycles. The minimum absolute atomic E-state index is 0.0170. The maximum absolute atomic E-state index is 12.5. The lowest BCUT2D eigenvalue weighted by Gasteiger charge is -2.20. The summed E-state index contributed by atoms with van der Waals surface area (Å²) in [6.45, 7) is 4.86. The fourth-order valence-electron chi connectivity index (χ4n) is 8.95. The van der Waals surface area contributed by atoms with Gasteiger partial charge in [0, 0.05) is 12.8 Å². The number of carbonyl (C=O) groups excluding carboxylic acids is 2. The first-order valence-corrected chi connectivity index (χ1v) is 29.9. The van der Waals surface area contributed by atoms with Crippen molar-refractivity contribution >= 4 is 11.9 Å². The molecule has 3 N–H and O–H groups in total. The number of amides is 1. The molecule has 6 nitrogen and oxygen atoms in total. The Morgan fingerprint density at radius 1 is 0.412 bits per heavy atom. The minimum atomic E-state index is -0.854. The van der Waals surface area contributed by atoms with E-state index in [1.807, 2.05) is 6.08 Å². The molecule has 0 radical (unpaired) electrons. The van der Waals surface area contributed by atoms with E-state index in [4.69, 9.17) is 4.74 Å². The number of esters is 1. The number of allylic oxidation sites excluding steroid dienone is 7. The highest BCUT2D eigenvalue weighted by Crippen LogP contribution is 2.16. The highest BCUT2D eigenvalue weighted by molar-refractivity contribution is 5.76. The Hall–Kier alpha value is -2.18. The van der Waals surface area contributed by atoms with Crippen molar-refractivity contribution in [2.24, 2.45) is 0 Å². The van der Waals surface area contributed by atoms with Crippen LogP contribution in [0, 0.1) is 0 Å². The van der Waals surface area contributed by atoms with E-state index in [0.717, 1.165) is 64.2 Å². The van der Waals surface area contributed by atoms with Gasteiger partial charge in [-0.2, -0.15) is 0 Å². The molecule has 2 atom stereocenters. The van der Waals surface area contributed by atoms with Crippen molar-refractivity contribution in [1.29, 1.82) is 0 Å². The number of hydrogen-bond acceptors (Lipinski definition) is 5. The van der Waals surface area contributed by atoms with Gasteiger partial charge in [-0.1, -0.05) is 255 Å². The third-order valence-electron chi connectivity index (χ3n) is 13.6. The predicted molar refractivity (Wildman–Crippen MR) is 296 cm³/mol. The van der Waals surface area contributed by atoms with Crippen molar-refractivity contribution < 1.29 is 24.5 Å². The minimum Gasteiger partial charge on any atom is -0.466 e. The lowest BCUT2D eigenvalue weighted by Crippen LogP contribution is -2.45. The van der Waals surface area contributed by atoms with Crippen molar-refractivity contribution in [2.45, 2.75) is 321 Å². The molecule has 0 heterocycles. The second-order valence-corrected chi connectivity index (χ2v) is 20.3. The first kappa shape index (κ1) is 65.8. The SMILES string of the molecule is CCCCC/C=C\C/C=C\CCCCCCCC(=O)OCCCCCCCC/C=C\CCCCCCCCCC(=O)NC(CO)C(O)/C=C/CCCCCCCCCCCCCCCCCCC. The zero-order valence-electron chi connectivity index (χ0n) is 45.3. The van der Waals surface area contributed by atoms with E-state index in [9.17, 15) is 19.8 Å². The van der Waals surface area contributed by atoms with Crippen molar-refractivity contribution in [1.82, 2.24) is 5.32 Å². The summed E-state index contributed by atoms with van der Waals surface area (Å²) in [6.07, 6.45) is 72.7. The average molecular weight is 955 g/mol. The number of aliphatic hydroxyl groups is 2. The van der Waals surface area contributed by atoms with E-state index < -0.39 is 12.1 Å². The first-order valence-electron chi connectivity index (χ1n) is 29.9. The van der Waals surface area contributed by atoms with E-state index in [1.54, 1.807) is 6.08 Å². The second kappa shape index (κ2) is 57.4. The lowest BCUT2D eigenvalue weighted by molar-refractivity contribution is -0.143. The molecule has 0 saturated heterocycles. The van der Waals surface area contributed by atoms with Crippen LogP contribution in [-0.2, 0) is 14.3 Å². The Bertz CT molecular complexity index is 1150. The predicted octanol–water partition coefficient (Wildman–Crippen LogP) is 18.6. The van der Waals surface area contributed by atoms with Gasteiger partial charge >= 0.3 is 5.97 Å². The summed E-state index contributed by atoms with van der Waals surface area (Å²) in [4.78, 5) is 24.5. The van der Waals surface area contributed by atoms with E-state index in [1.165, 1.54) is 218 Å². The van der Waals surface area contributed by atoms with Crippen molar-refractivity contribution in [3.63, 3.8) is 0 Å².